The summed E-state index contributed by atoms with van der Waals surface area (Å²) in [6, 6.07) is 3.91. The Bertz CT molecular complexity index is 718. The number of rotatable bonds is 6. The van der Waals surface area contributed by atoms with Crippen molar-refractivity contribution in [2.75, 3.05) is 27.3 Å². The molecule has 9 heteroatoms. The molecule has 0 aromatic rings. The number of amides is 1. The number of nitrogens with two attached hydrogens (primary N) is 1. The number of aliphatic imine (C=N–C) groups is 1. The Balaban J connectivity index is 2.83. The van der Waals surface area contributed by atoms with Gasteiger partial charge in [-0.2, -0.15) is 10.5 Å². The van der Waals surface area contributed by atoms with Crippen LogP contribution in [0.4, 0.5) is 0 Å². The van der Waals surface area contributed by atoms with E-state index in [0.717, 1.165) is 0 Å². The molecule has 0 saturated heterocycles. The Hall–Kier alpha value is -2.20. The molecule has 148 valence electrons. The van der Waals surface area contributed by atoms with E-state index in [4.69, 9.17) is 15.2 Å². The zero-order valence-corrected chi connectivity index (χ0v) is 16.8. The van der Waals surface area contributed by atoms with Crippen molar-refractivity contribution in [1.29, 1.82) is 10.5 Å². The third-order valence-electron chi connectivity index (χ3n) is 5.69. The van der Waals surface area contributed by atoms with Crippen molar-refractivity contribution in [3.63, 3.8) is 0 Å². The zero-order valence-electron chi connectivity index (χ0n) is 16.8. The summed E-state index contributed by atoms with van der Waals surface area (Å²) in [7, 11) is 3.42. The van der Waals surface area contributed by atoms with Gasteiger partial charge in [0.05, 0.1) is 18.2 Å². The van der Waals surface area contributed by atoms with Crippen molar-refractivity contribution in [3.8, 4) is 12.1 Å². The van der Waals surface area contributed by atoms with Crippen LogP contribution in [-0.2, 0) is 14.3 Å². The van der Waals surface area contributed by atoms with Crippen LogP contribution in [0.5, 0.6) is 0 Å². The summed E-state index contributed by atoms with van der Waals surface area (Å²) in [6.45, 7) is 7.25. The summed E-state index contributed by atoms with van der Waals surface area (Å²) in [5.41, 5.74) is 3.27. The topological polar surface area (TPSA) is 128 Å². The van der Waals surface area contributed by atoms with Crippen LogP contribution in [0.25, 0.3) is 0 Å². The SMILES string of the molecule is CCOC1(OCC)N=C(N)C2(C#N)C(N(C(C)=O)N(C)C)CC(C)C12C#N. The van der Waals surface area contributed by atoms with Gasteiger partial charge in [0.2, 0.25) is 5.91 Å². The van der Waals surface area contributed by atoms with E-state index in [-0.39, 0.29) is 30.9 Å². The molecule has 0 aromatic carbocycles. The first-order valence-corrected chi connectivity index (χ1v) is 9.08. The van der Waals surface area contributed by atoms with Crippen LogP contribution in [-0.4, -0.2) is 61.0 Å². The summed E-state index contributed by atoms with van der Waals surface area (Å²) in [5, 5.41) is 23.8. The van der Waals surface area contributed by atoms with Gasteiger partial charge in [-0.05, 0) is 26.2 Å². The van der Waals surface area contributed by atoms with E-state index in [1.54, 1.807) is 33.0 Å². The van der Waals surface area contributed by atoms with Crippen LogP contribution < -0.4 is 5.73 Å². The fourth-order valence-corrected chi connectivity index (χ4v) is 4.89. The van der Waals surface area contributed by atoms with E-state index in [2.05, 4.69) is 17.1 Å². The number of carbonyl (C=O) groups is 1. The third kappa shape index (κ3) is 2.39. The number of nitrogens with zero attached hydrogens (tertiary/aromatic N) is 5. The average Bonchev–Trinajstić information content (AvgIpc) is 2.95. The molecule has 1 heterocycles. The number of nitriles is 2. The zero-order chi connectivity index (χ0) is 20.6. The highest BCUT2D eigenvalue weighted by Gasteiger charge is 2.82. The largest absolute Gasteiger partial charge is 0.386 e. The number of carbonyl (C=O) groups excluding carboxylic acids is 1. The van der Waals surface area contributed by atoms with E-state index in [1.807, 2.05) is 6.92 Å². The highest BCUT2D eigenvalue weighted by molar-refractivity contribution is 5.95. The molecule has 2 N–H and O–H groups in total. The molecule has 1 fully saturated rings. The highest BCUT2D eigenvalue weighted by Crippen LogP contribution is 2.67. The fraction of sp³-hybridized carbons (Fsp3) is 0.778. The maximum absolute atomic E-state index is 12.4. The van der Waals surface area contributed by atoms with Crippen LogP contribution in [0.1, 0.15) is 34.1 Å². The second-order valence-electron chi connectivity index (χ2n) is 7.15. The number of hydrazine groups is 1. The summed E-state index contributed by atoms with van der Waals surface area (Å²) in [5.74, 6) is -2.33. The normalized spacial score (nSPS) is 33.9. The van der Waals surface area contributed by atoms with Crippen LogP contribution in [0, 0.1) is 39.4 Å². The molecule has 1 amide bonds. The molecule has 0 spiro atoms. The van der Waals surface area contributed by atoms with Crippen LogP contribution in [0.15, 0.2) is 4.99 Å². The van der Waals surface area contributed by atoms with Crippen LogP contribution in [0.3, 0.4) is 0 Å². The summed E-state index contributed by atoms with van der Waals surface area (Å²) >= 11 is 0. The van der Waals surface area contributed by atoms with Gasteiger partial charge in [0, 0.05) is 34.2 Å². The summed E-state index contributed by atoms with van der Waals surface area (Å²) in [4.78, 5) is 16.8. The Morgan fingerprint density at radius 2 is 1.85 bits per heavy atom. The van der Waals surface area contributed by atoms with Crippen LogP contribution in [0.2, 0.25) is 0 Å². The minimum absolute atomic E-state index is 0.0316. The summed E-state index contributed by atoms with van der Waals surface area (Å²) < 4.78 is 11.8. The number of ether oxygens (including phenoxy) is 2. The molecule has 9 nitrogen and oxygen atoms in total. The van der Waals surface area contributed by atoms with Gasteiger partial charge in [-0.25, -0.2) is 10.0 Å². The quantitative estimate of drug-likeness (QED) is 0.537. The number of hydrogen-bond acceptors (Lipinski definition) is 8. The molecule has 0 radical (unpaired) electrons. The van der Waals surface area contributed by atoms with Gasteiger partial charge in [0.15, 0.2) is 10.8 Å². The average molecular weight is 376 g/mol. The Morgan fingerprint density at radius 1 is 1.30 bits per heavy atom. The monoisotopic (exact) mass is 376 g/mol. The van der Waals surface area contributed by atoms with Crippen LogP contribution >= 0.6 is 0 Å². The van der Waals surface area contributed by atoms with Gasteiger partial charge in [-0.15, -0.1) is 0 Å². The molecule has 4 atom stereocenters. The lowest BCUT2D eigenvalue weighted by Gasteiger charge is -2.45. The second-order valence-corrected chi connectivity index (χ2v) is 7.15. The first-order valence-electron chi connectivity index (χ1n) is 9.08. The van der Waals surface area contributed by atoms with Crippen molar-refractivity contribution in [2.24, 2.45) is 27.5 Å². The van der Waals surface area contributed by atoms with E-state index in [9.17, 15) is 15.3 Å². The molecule has 0 aromatic heterocycles. The third-order valence-corrected chi connectivity index (χ3v) is 5.69. The molecule has 27 heavy (non-hydrogen) atoms. The number of fused-ring (bicyclic) bond motifs is 1. The van der Waals surface area contributed by atoms with Crippen molar-refractivity contribution < 1.29 is 14.3 Å². The predicted octanol–water partition coefficient (Wildman–Crippen LogP) is 0.837. The van der Waals surface area contributed by atoms with Crippen molar-refractivity contribution in [1.82, 2.24) is 10.0 Å². The van der Waals surface area contributed by atoms with Crippen molar-refractivity contribution in [2.45, 2.75) is 46.1 Å². The predicted molar refractivity (Wildman–Crippen MR) is 97.5 cm³/mol. The van der Waals surface area contributed by atoms with E-state index in [1.165, 1.54) is 11.9 Å². The van der Waals surface area contributed by atoms with Gasteiger partial charge in [0.1, 0.15) is 5.84 Å². The maximum Gasteiger partial charge on any atom is 0.293 e. The lowest BCUT2D eigenvalue weighted by Crippen LogP contribution is -2.63. The molecule has 1 aliphatic heterocycles. The molecular weight excluding hydrogens is 348 g/mol. The molecule has 2 aliphatic rings. The smallest absolute Gasteiger partial charge is 0.293 e. The van der Waals surface area contributed by atoms with Gasteiger partial charge >= 0.3 is 0 Å². The van der Waals surface area contributed by atoms with Gasteiger partial charge in [-0.3, -0.25) is 9.80 Å². The lowest BCUT2D eigenvalue weighted by molar-refractivity contribution is -0.287. The summed E-state index contributed by atoms with van der Waals surface area (Å²) in [6.07, 6.45) is 0.386. The maximum atomic E-state index is 12.4. The minimum atomic E-state index is -1.69. The van der Waals surface area contributed by atoms with Crippen molar-refractivity contribution in [3.05, 3.63) is 0 Å². The minimum Gasteiger partial charge on any atom is -0.386 e. The van der Waals surface area contributed by atoms with Crippen molar-refractivity contribution >= 4 is 11.7 Å². The van der Waals surface area contributed by atoms with E-state index >= 15 is 0 Å². The Kier molecular flexibility index (Phi) is 5.53. The highest BCUT2D eigenvalue weighted by atomic mass is 16.7. The molecular formula is C18H28N6O3. The number of amidine groups is 1. The van der Waals surface area contributed by atoms with E-state index < -0.39 is 22.8 Å². The van der Waals surface area contributed by atoms with Gasteiger partial charge < -0.3 is 15.2 Å². The van der Waals surface area contributed by atoms with Gasteiger partial charge in [-0.1, -0.05) is 6.92 Å². The number of hydrogen-bond donors (Lipinski definition) is 1. The first kappa shape index (κ1) is 21.1. The lowest BCUT2D eigenvalue weighted by atomic mass is 9.61. The Morgan fingerprint density at radius 3 is 2.22 bits per heavy atom. The molecule has 4 unspecified atom stereocenters. The fourth-order valence-electron chi connectivity index (χ4n) is 4.89. The Labute approximate surface area is 160 Å². The molecule has 0 bridgehead atoms. The molecule has 1 saturated carbocycles. The molecule has 1 aliphatic carbocycles. The first-order chi connectivity index (χ1) is 12.7. The van der Waals surface area contributed by atoms with Gasteiger partial charge in [0.25, 0.3) is 5.91 Å². The van der Waals surface area contributed by atoms with E-state index in [0.29, 0.717) is 6.42 Å². The second kappa shape index (κ2) is 7.08. The standard InChI is InChI=1S/C18H28N6O3/c1-7-26-18(27-8-2)17(11-20)12(3)9-14(24(13(4)25)23(5)6)16(17,10-19)15(21)22-18/h12,14H,7-9H2,1-6H3,(H2,21,22). The molecule has 2 rings (SSSR count).